The zero-order chi connectivity index (χ0) is 22.9. The van der Waals surface area contributed by atoms with E-state index in [-0.39, 0.29) is 17.0 Å². The monoisotopic (exact) mass is 461 g/mol. The van der Waals surface area contributed by atoms with E-state index in [1.54, 1.807) is 30.6 Å². The fraction of sp³-hybridized carbons (Fsp3) is 0.217. The van der Waals surface area contributed by atoms with Crippen molar-refractivity contribution in [3.63, 3.8) is 0 Å². The van der Waals surface area contributed by atoms with Gasteiger partial charge in [0.1, 0.15) is 11.6 Å². The number of non-ortho nitro benzene ring substituents is 1. The molecule has 0 amide bonds. The molecule has 0 radical (unpaired) electrons. The molecule has 166 valence electrons. The van der Waals surface area contributed by atoms with Crippen molar-refractivity contribution in [2.45, 2.75) is 29.7 Å². The standard InChI is InChI=1S/C23H19N5O4S/c29-17-5-1-4-16-19(17)18(14-3-2-10-24-11-14)20-21(25-16)26-23(27-22(20)30)33-12-13-6-8-15(9-7-13)28(31)32/h2-4,6-11,18-19H,1,5,12H2,(H2,25,26,27,30)/t18-,19-/m1/s1. The Labute approximate surface area is 192 Å². The maximum absolute atomic E-state index is 13.2. The first kappa shape index (κ1) is 21.1. The summed E-state index contributed by atoms with van der Waals surface area (Å²) in [5, 5.41) is 14.5. The van der Waals surface area contributed by atoms with Gasteiger partial charge in [-0.2, -0.15) is 0 Å². The number of Topliss-reactive ketones (excluding diaryl/α,β-unsaturated/α-hetero) is 1. The second kappa shape index (κ2) is 8.62. The molecule has 2 aliphatic rings. The maximum Gasteiger partial charge on any atom is 0.269 e. The third-order valence-electron chi connectivity index (χ3n) is 5.84. The van der Waals surface area contributed by atoms with Crippen molar-refractivity contribution in [1.82, 2.24) is 15.0 Å². The summed E-state index contributed by atoms with van der Waals surface area (Å²) in [5.74, 6) is 0.0951. The van der Waals surface area contributed by atoms with Gasteiger partial charge in [-0.3, -0.25) is 24.7 Å². The van der Waals surface area contributed by atoms with Crippen LogP contribution in [0.15, 0.2) is 70.5 Å². The number of carbonyl (C=O) groups is 1. The fourth-order valence-corrected chi connectivity index (χ4v) is 5.14. The van der Waals surface area contributed by atoms with Crippen molar-refractivity contribution in [1.29, 1.82) is 0 Å². The number of ketones is 1. The van der Waals surface area contributed by atoms with Crippen LogP contribution in [-0.2, 0) is 10.5 Å². The molecule has 0 saturated carbocycles. The van der Waals surface area contributed by atoms with E-state index in [9.17, 15) is 19.7 Å². The number of carbonyl (C=O) groups excluding carboxylic acids is 1. The summed E-state index contributed by atoms with van der Waals surface area (Å²) in [6.07, 6.45) is 6.44. The van der Waals surface area contributed by atoms with Crippen molar-refractivity contribution < 1.29 is 9.72 Å². The highest BCUT2D eigenvalue weighted by Crippen LogP contribution is 2.44. The normalized spacial score (nSPS) is 19.2. The number of pyridine rings is 1. The largest absolute Gasteiger partial charge is 0.343 e. The van der Waals surface area contributed by atoms with Gasteiger partial charge in [-0.15, -0.1) is 0 Å². The van der Waals surface area contributed by atoms with Gasteiger partial charge in [0.2, 0.25) is 0 Å². The number of nitrogens with one attached hydrogen (secondary N) is 2. The van der Waals surface area contributed by atoms with Crippen molar-refractivity contribution in [3.8, 4) is 0 Å². The Bertz CT molecular complexity index is 1320. The molecule has 9 nitrogen and oxygen atoms in total. The fourth-order valence-electron chi connectivity index (χ4n) is 4.32. The summed E-state index contributed by atoms with van der Waals surface area (Å²) >= 11 is 1.33. The molecule has 33 heavy (non-hydrogen) atoms. The number of rotatable bonds is 5. The van der Waals surface area contributed by atoms with E-state index in [0.29, 0.717) is 35.1 Å². The molecular formula is C23H19N5O4S. The highest BCUT2D eigenvalue weighted by atomic mass is 32.2. The second-order valence-electron chi connectivity index (χ2n) is 7.88. The molecule has 0 saturated heterocycles. The predicted molar refractivity (Wildman–Crippen MR) is 123 cm³/mol. The predicted octanol–water partition coefficient (Wildman–Crippen LogP) is 3.79. The van der Waals surface area contributed by atoms with Gasteiger partial charge >= 0.3 is 0 Å². The summed E-state index contributed by atoms with van der Waals surface area (Å²) in [7, 11) is 0. The van der Waals surface area contributed by atoms with E-state index in [2.05, 4.69) is 20.3 Å². The first-order valence-corrected chi connectivity index (χ1v) is 11.4. The average molecular weight is 462 g/mol. The van der Waals surface area contributed by atoms with Crippen LogP contribution in [0.3, 0.4) is 0 Å². The van der Waals surface area contributed by atoms with E-state index in [4.69, 9.17) is 0 Å². The van der Waals surface area contributed by atoms with Gasteiger partial charge < -0.3 is 10.3 Å². The molecule has 1 aliphatic carbocycles. The molecule has 2 aromatic heterocycles. The van der Waals surface area contributed by atoms with Crippen LogP contribution in [0.4, 0.5) is 11.5 Å². The molecule has 2 atom stereocenters. The molecule has 0 fully saturated rings. The van der Waals surface area contributed by atoms with Gasteiger partial charge in [0.15, 0.2) is 5.16 Å². The molecule has 0 unspecified atom stereocenters. The van der Waals surface area contributed by atoms with Gasteiger partial charge in [0.05, 0.1) is 16.4 Å². The lowest BCUT2D eigenvalue weighted by atomic mass is 9.72. The summed E-state index contributed by atoms with van der Waals surface area (Å²) in [6, 6.07) is 9.94. The van der Waals surface area contributed by atoms with Crippen LogP contribution in [0.25, 0.3) is 0 Å². The topological polar surface area (TPSA) is 131 Å². The van der Waals surface area contributed by atoms with Crippen LogP contribution in [0, 0.1) is 16.0 Å². The average Bonchev–Trinajstić information content (AvgIpc) is 2.82. The Morgan fingerprint density at radius 2 is 1.97 bits per heavy atom. The number of aromatic amines is 1. The number of hydrogen-bond acceptors (Lipinski definition) is 8. The molecule has 1 aliphatic heterocycles. The lowest BCUT2D eigenvalue weighted by molar-refractivity contribution is -0.384. The number of benzene rings is 1. The van der Waals surface area contributed by atoms with Crippen LogP contribution < -0.4 is 10.9 Å². The number of H-pyrrole nitrogens is 1. The molecule has 5 rings (SSSR count). The number of fused-ring (bicyclic) bond motifs is 2. The molecular weight excluding hydrogens is 442 g/mol. The molecule has 2 N–H and O–H groups in total. The van der Waals surface area contributed by atoms with E-state index in [1.807, 2.05) is 12.1 Å². The van der Waals surface area contributed by atoms with E-state index in [1.165, 1.54) is 23.9 Å². The third kappa shape index (κ3) is 4.05. The lowest BCUT2D eigenvalue weighted by Crippen LogP contribution is -2.38. The van der Waals surface area contributed by atoms with Gasteiger partial charge in [0.25, 0.3) is 11.2 Å². The van der Waals surface area contributed by atoms with Crippen molar-refractivity contribution in [2.75, 3.05) is 5.32 Å². The molecule has 1 aromatic carbocycles. The Morgan fingerprint density at radius 1 is 1.15 bits per heavy atom. The Balaban J connectivity index is 1.49. The number of allylic oxidation sites excluding steroid dienone is 2. The van der Waals surface area contributed by atoms with Crippen LogP contribution in [-0.4, -0.2) is 25.7 Å². The number of anilines is 1. The summed E-state index contributed by atoms with van der Waals surface area (Å²) in [6.45, 7) is 0. The van der Waals surface area contributed by atoms with E-state index in [0.717, 1.165) is 16.8 Å². The number of thioether (sulfide) groups is 1. The zero-order valence-electron chi connectivity index (χ0n) is 17.4. The molecule has 10 heteroatoms. The number of nitro groups is 1. The van der Waals surface area contributed by atoms with E-state index < -0.39 is 16.8 Å². The smallest absolute Gasteiger partial charge is 0.269 e. The van der Waals surface area contributed by atoms with Gasteiger partial charge in [0, 0.05) is 48.3 Å². The van der Waals surface area contributed by atoms with Crippen LogP contribution in [0.1, 0.15) is 35.4 Å². The van der Waals surface area contributed by atoms with Gasteiger partial charge in [-0.25, -0.2) is 4.98 Å². The molecule has 3 aromatic rings. The highest BCUT2D eigenvalue weighted by Gasteiger charge is 2.42. The summed E-state index contributed by atoms with van der Waals surface area (Å²) < 4.78 is 0. The van der Waals surface area contributed by atoms with Crippen molar-refractivity contribution in [3.05, 3.63) is 97.7 Å². The van der Waals surface area contributed by atoms with E-state index >= 15 is 0 Å². The maximum atomic E-state index is 13.2. The van der Waals surface area contributed by atoms with Crippen LogP contribution in [0.5, 0.6) is 0 Å². The van der Waals surface area contributed by atoms with Gasteiger partial charge in [-0.1, -0.05) is 36.0 Å². The molecule has 3 heterocycles. The van der Waals surface area contributed by atoms with Gasteiger partial charge in [-0.05, 0) is 23.6 Å². The molecule has 0 bridgehead atoms. The van der Waals surface area contributed by atoms with Crippen molar-refractivity contribution in [2.24, 2.45) is 5.92 Å². The minimum absolute atomic E-state index is 0.0274. The Morgan fingerprint density at radius 3 is 2.70 bits per heavy atom. The number of aromatic nitrogens is 3. The number of nitro benzene ring substituents is 1. The lowest BCUT2D eigenvalue weighted by Gasteiger charge is -2.36. The SMILES string of the molecule is O=C1CCC=C2Nc3nc(SCc4ccc([N+](=O)[O-])cc4)[nH]c(=O)c3[C@H](c3cccnc3)[C@@H]12. The molecule has 0 spiro atoms. The zero-order valence-corrected chi connectivity index (χ0v) is 18.2. The minimum Gasteiger partial charge on any atom is -0.343 e. The Kier molecular flexibility index (Phi) is 5.51. The quantitative estimate of drug-likeness (QED) is 0.254. The van der Waals surface area contributed by atoms with Crippen molar-refractivity contribution >= 4 is 29.1 Å². The Hall–Kier alpha value is -3.79. The third-order valence-corrected chi connectivity index (χ3v) is 6.79. The first-order valence-electron chi connectivity index (χ1n) is 10.4. The number of hydrogen-bond donors (Lipinski definition) is 2. The van der Waals surface area contributed by atoms with Crippen LogP contribution >= 0.6 is 11.8 Å². The number of nitrogens with zero attached hydrogens (tertiary/aromatic N) is 3. The minimum atomic E-state index is -0.461. The highest BCUT2D eigenvalue weighted by molar-refractivity contribution is 7.98. The summed E-state index contributed by atoms with van der Waals surface area (Å²) in [4.78, 5) is 48.1. The van der Waals surface area contributed by atoms with Crippen LogP contribution in [0.2, 0.25) is 0 Å². The summed E-state index contributed by atoms with van der Waals surface area (Å²) in [5.41, 5.74) is 2.60. The first-order chi connectivity index (χ1) is 16.0. The second-order valence-corrected chi connectivity index (χ2v) is 8.84.